The van der Waals surface area contributed by atoms with Crippen molar-refractivity contribution < 1.29 is 4.79 Å². The number of hydrogen-bond donors (Lipinski definition) is 0. The zero-order valence-corrected chi connectivity index (χ0v) is 13.9. The Morgan fingerprint density at radius 1 is 1.42 bits per heavy atom. The van der Waals surface area contributed by atoms with E-state index >= 15 is 0 Å². The molecule has 1 aromatic rings. The van der Waals surface area contributed by atoms with Gasteiger partial charge in [0.2, 0.25) is 0 Å². The zero-order chi connectivity index (χ0) is 14.4. The van der Waals surface area contributed by atoms with Gasteiger partial charge in [0, 0.05) is 25.0 Å². The van der Waals surface area contributed by atoms with Crippen LogP contribution in [0.15, 0.2) is 6.07 Å². The summed E-state index contributed by atoms with van der Waals surface area (Å²) in [4.78, 5) is 14.7. The molecule has 0 spiro atoms. The highest BCUT2D eigenvalue weighted by molar-refractivity contribution is 9.09. The Morgan fingerprint density at radius 2 is 2.05 bits per heavy atom. The molecule has 0 radical (unpaired) electrons. The summed E-state index contributed by atoms with van der Waals surface area (Å²) in [6, 6.07) is 2.20. The molecule has 0 unspecified atom stereocenters. The molecule has 0 aliphatic rings. The molecule has 19 heavy (non-hydrogen) atoms. The van der Waals surface area contributed by atoms with Crippen LogP contribution in [0.4, 0.5) is 0 Å². The Balaban J connectivity index is 3.00. The van der Waals surface area contributed by atoms with Crippen LogP contribution in [0.2, 0.25) is 0 Å². The van der Waals surface area contributed by atoms with Gasteiger partial charge in [0.15, 0.2) is 0 Å². The van der Waals surface area contributed by atoms with E-state index in [1.54, 1.807) is 4.68 Å². The van der Waals surface area contributed by atoms with Gasteiger partial charge >= 0.3 is 0 Å². The van der Waals surface area contributed by atoms with Crippen LogP contribution in [-0.4, -0.2) is 38.5 Å². The van der Waals surface area contributed by atoms with E-state index in [4.69, 9.17) is 0 Å². The maximum absolute atomic E-state index is 12.7. The van der Waals surface area contributed by atoms with Crippen LogP contribution in [0.1, 0.15) is 49.8 Å². The third-order valence-corrected chi connectivity index (χ3v) is 3.84. The fourth-order valence-electron chi connectivity index (χ4n) is 2.32. The second-order valence-electron chi connectivity index (χ2n) is 4.66. The van der Waals surface area contributed by atoms with Gasteiger partial charge in [-0.3, -0.25) is 9.48 Å². The van der Waals surface area contributed by atoms with Gasteiger partial charge < -0.3 is 4.90 Å². The van der Waals surface area contributed by atoms with E-state index in [-0.39, 0.29) is 5.91 Å². The highest BCUT2D eigenvalue weighted by Crippen LogP contribution is 2.15. The molecule has 0 atom stereocenters. The van der Waals surface area contributed by atoms with Crippen LogP contribution in [0.25, 0.3) is 0 Å². The quantitative estimate of drug-likeness (QED) is 0.721. The summed E-state index contributed by atoms with van der Waals surface area (Å²) in [6.07, 6.45) is 2.81. The van der Waals surface area contributed by atoms with Crippen molar-refractivity contribution in [3.63, 3.8) is 0 Å². The predicted octanol–water partition coefficient (Wildman–Crippen LogP) is 3.01. The van der Waals surface area contributed by atoms with Crippen LogP contribution in [0, 0.1) is 0 Å². The van der Waals surface area contributed by atoms with Gasteiger partial charge in [0.1, 0.15) is 5.69 Å². The molecule has 0 aliphatic heterocycles. The number of amides is 1. The molecule has 1 amide bonds. The molecule has 1 rings (SSSR count). The average Bonchev–Trinajstić information content (AvgIpc) is 2.79. The van der Waals surface area contributed by atoms with E-state index in [0.717, 1.165) is 36.8 Å². The summed E-state index contributed by atoms with van der Waals surface area (Å²) in [5, 5.41) is 5.16. The molecule has 0 aromatic carbocycles. The van der Waals surface area contributed by atoms with Crippen LogP contribution in [0.3, 0.4) is 0 Å². The molecule has 4 nitrogen and oxygen atoms in total. The average molecular weight is 330 g/mol. The van der Waals surface area contributed by atoms with Crippen molar-refractivity contribution in [1.82, 2.24) is 14.7 Å². The second kappa shape index (κ2) is 7.68. The molecular formula is C14H24BrN3O. The molecule has 108 valence electrons. The normalized spacial score (nSPS) is 11.1. The lowest BCUT2D eigenvalue weighted by molar-refractivity contribution is 0.0671. The van der Waals surface area contributed by atoms with Crippen molar-refractivity contribution in [3.8, 4) is 0 Å². The number of hydrogen-bond acceptors (Lipinski definition) is 2. The lowest BCUT2D eigenvalue weighted by atomic mass is 10.1. The summed E-state index contributed by atoms with van der Waals surface area (Å²) < 4.78 is 1.70. The fraction of sp³-hybridized carbons (Fsp3) is 0.714. The number of halogens is 1. The number of nitrogens with zero attached hydrogens (tertiary/aromatic N) is 3. The zero-order valence-electron chi connectivity index (χ0n) is 12.3. The molecule has 0 N–H and O–H groups in total. The third-order valence-electron chi connectivity index (χ3n) is 3.48. The maximum atomic E-state index is 12.7. The summed E-state index contributed by atoms with van der Waals surface area (Å²) >= 11 is 3.44. The molecule has 0 aliphatic carbocycles. The summed E-state index contributed by atoms with van der Waals surface area (Å²) in [5.41, 5.74) is 1.65. The van der Waals surface area contributed by atoms with E-state index in [1.165, 1.54) is 0 Å². The molecule has 0 saturated heterocycles. The van der Waals surface area contributed by atoms with Gasteiger partial charge in [0.05, 0.1) is 5.69 Å². The summed E-state index contributed by atoms with van der Waals surface area (Å²) in [7, 11) is 1.84. The van der Waals surface area contributed by atoms with Crippen LogP contribution >= 0.6 is 15.9 Å². The van der Waals surface area contributed by atoms with Crippen molar-refractivity contribution in [2.75, 3.05) is 11.9 Å². The molecule has 0 fully saturated rings. The van der Waals surface area contributed by atoms with E-state index in [9.17, 15) is 4.79 Å². The Morgan fingerprint density at radius 3 is 2.47 bits per heavy atom. The van der Waals surface area contributed by atoms with Crippen molar-refractivity contribution >= 4 is 21.8 Å². The highest BCUT2D eigenvalue weighted by atomic mass is 79.9. The number of alkyl halides is 1. The van der Waals surface area contributed by atoms with Crippen molar-refractivity contribution in [2.45, 2.75) is 46.1 Å². The lowest BCUT2D eigenvalue weighted by Gasteiger charge is -2.30. The molecule has 0 bridgehead atoms. The number of aromatic nitrogens is 2. The first-order chi connectivity index (χ1) is 9.08. The van der Waals surface area contributed by atoms with Gasteiger partial charge in [-0.05, 0) is 25.3 Å². The predicted molar refractivity (Wildman–Crippen MR) is 81.8 cm³/mol. The number of rotatable bonds is 7. The lowest BCUT2D eigenvalue weighted by Crippen LogP contribution is -2.41. The van der Waals surface area contributed by atoms with Gasteiger partial charge in [-0.25, -0.2) is 0 Å². The fourth-order valence-corrected chi connectivity index (χ4v) is 2.70. The van der Waals surface area contributed by atoms with Crippen LogP contribution in [0.5, 0.6) is 0 Å². The Kier molecular flexibility index (Phi) is 6.55. The van der Waals surface area contributed by atoms with Gasteiger partial charge in [-0.1, -0.05) is 36.7 Å². The van der Waals surface area contributed by atoms with Crippen molar-refractivity contribution in [3.05, 3.63) is 17.5 Å². The second-order valence-corrected chi connectivity index (χ2v) is 5.45. The van der Waals surface area contributed by atoms with Crippen LogP contribution < -0.4 is 0 Å². The standard InChI is InChI=1S/C14H24BrN3O/c1-5-11-10-13(17(4)16-11)14(19)18(9-8-15)12(6-2)7-3/h10,12H,5-9H2,1-4H3. The van der Waals surface area contributed by atoms with E-state index in [0.29, 0.717) is 11.7 Å². The minimum atomic E-state index is 0.0860. The summed E-state index contributed by atoms with van der Waals surface area (Å²) in [5.74, 6) is 0.0860. The molecule has 5 heteroatoms. The first-order valence-corrected chi connectivity index (χ1v) is 8.10. The van der Waals surface area contributed by atoms with Crippen molar-refractivity contribution in [1.29, 1.82) is 0 Å². The first kappa shape index (κ1) is 16.2. The number of carbonyl (C=O) groups is 1. The van der Waals surface area contributed by atoms with Crippen molar-refractivity contribution in [2.24, 2.45) is 7.05 Å². The molecule has 0 saturated carbocycles. The monoisotopic (exact) mass is 329 g/mol. The van der Waals surface area contributed by atoms with E-state index < -0.39 is 0 Å². The third kappa shape index (κ3) is 3.81. The first-order valence-electron chi connectivity index (χ1n) is 6.98. The topological polar surface area (TPSA) is 38.1 Å². The van der Waals surface area contributed by atoms with E-state index in [2.05, 4.69) is 34.9 Å². The van der Waals surface area contributed by atoms with E-state index in [1.807, 2.05) is 24.9 Å². The summed E-state index contributed by atoms with van der Waals surface area (Å²) in [6.45, 7) is 7.04. The molecular weight excluding hydrogens is 306 g/mol. The number of aryl methyl sites for hydroxylation is 2. The number of carbonyl (C=O) groups excluding carboxylic acids is 1. The largest absolute Gasteiger partial charge is 0.334 e. The smallest absolute Gasteiger partial charge is 0.272 e. The van der Waals surface area contributed by atoms with Gasteiger partial charge in [-0.2, -0.15) is 5.10 Å². The Bertz CT molecular complexity index is 413. The maximum Gasteiger partial charge on any atom is 0.272 e. The van der Waals surface area contributed by atoms with Gasteiger partial charge in [0.25, 0.3) is 5.91 Å². The SMILES string of the molecule is CCc1cc(C(=O)N(CCBr)C(CC)CC)n(C)n1. The molecule has 1 heterocycles. The molecule has 1 aromatic heterocycles. The Labute approximate surface area is 124 Å². The highest BCUT2D eigenvalue weighted by Gasteiger charge is 2.24. The van der Waals surface area contributed by atoms with Gasteiger partial charge in [-0.15, -0.1) is 0 Å². The minimum absolute atomic E-state index is 0.0860. The minimum Gasteiger partial charge on any atom is -0.334 e. The van der Waals surface area contributed by atoms with Crippen LogP contribution in [-0.2, 0) is 13.5 Å². The Hall–Kier alpha value is -0.840.